The molecule has 0 fully saturated rings. The van der Waals surface area contributed by atoms with Crippen molar-refractivity contribution in [3.05, 3.63) is 102 Å². The van der Waals surface area contributed by atoms with Crippen LogP contribution < -0.4 is 9.80 Å². The molecule has 0 unspecified atom stereocenters. The van der Waals surface area contributed by atoms with Crippen LogP contribution in [0.1, 0.15) is 11.1 Å². The van der Waals surface area contributed by atoms with Gasteiger partial charge in [-0.15, -0.1) is 0 Å². The van der Waals surface area contributed by atoms with Crippen LogP contribution in [0.15, 0.2) is 91.3 Å². The summed E-state index contributed by atoms with van der Waals surface area (Å²) in [5, 5.41) is 4.22. The van der Waals surface area contributed by atoms with Crippen molar-refractivity contribution >= 4 is 23.0 Å². The van der Waals surface area contributed by atoms with Gasteiger partial charge in [0.25, 0.3) is 5.91 Å². The van der Waals surface area contributed by atoms with Gasteiger partial charge in [-0.2, -0.15) is 18.3 Å². The van der Waals surface area contributed by atoms with E-state index in [4.69, 9.17) is 0 Å². The Kier molecular flexibility index (Phi) is 5.12. The molecule has 0 radical (unpaired) electrons. The maximum atomic E-state index is 13.2. The topological polar surface area (TPSA) is 41.4 Å². The molecule has 0 spiro atoms. The summed E-state index contributed by atoms with van der Waals surface area (Å²) in [5.74, 6) is -0.291. The average Bonchev–Trinajstić information content (AvgIpc) is 3.34. The fourth-order valence-corrected chi connectivity index (χ4v) is 4.02. The first-order valence-electron chi connectivity index (χ1n) is 10.3. The normalized spacial score (nSPS) is 13.8. The third kappa shape index (κ3) is 4.07. The fraction of sp³-hybridized carbons (Fsp3) is 0.120. The van der Waals surface area contributed by atoms with E-state index in [1.54, 1.807) is 23.0 Å². The zero-order valence-electron chi connectivity index (χ0n) is 17.4. The van der Waals surface area contributed by atoms with Gasteiger partial charge in [-0.3, -0.25) is 9.69 Å². The second-order valence-electron chi connectivity index (χ2n) is 7.74. The minimum Gasteiger partial charge on any atom is -0.356 e. The molecule has 1 aromatic heterocycles. The third-order valence-electron chi connectivity index (χ3n) is 5.55. The summed E-state index contributed by atoms with van der Waals surface area (Å²) < 4.78 is 41.5. The number of anilines is 3. The van der Waals surface area contributed by atoms with Crippen molar-refractivity contribution in [2.24, 2.45) is 0 Å². The molecule has 0 N–H and O–H groups in total. The summed E-state index contributed by atoms with van der Waals surface area (Å²) in [4.78, 5) is 16.4. The molecule has 0 aliphatic carbocycles. The Labute approximate surface area is 188 Å². The number of nitrogens with zero attached hydrogens (tertiary/aromatic N) is 4. The number of aromatic nitrogens is 2. The molecule has 5 rings (SSSR count). The molecule has 2 heterocycles. The number of carbonyl (C=O) groups is 1. The quantitative estimate of drug-likeness (QED) is 0.410. The molecule has 1 aliphatic heterocycles. The van der Waals surface area contributed by atoms with Crippen LogP contribution in [-0.4, -0.2) is 22.2 Å². The van der Waals surface area contributed by atoms with Crippen LogP contribution >= 0.6 is 0 Å². The number of benzene rings is 3. The van der Waals surface area contributed by atoms with E-state index < -0.39 is 11.7 Å². The van der Waals surface area contributed by atoms with Crippen molar-refractivity contribution in [2.45, 2.75) is 12.7 Å². The van der Waals surface area contributed by atoms with Crippen molar-refractivity contribution in [1.29, 1.82) is 0 Å². The number of carbonyl (C=O) groups excluding carboxylic acids is 1. The summed E-state index contributed by atoms with van der Waals surface area (Å²) in [5.41, 5.74) is 2.68. The predicted octanol–water partition coefficient (Wildman–Crippen LogP) is 5.58. The highest BCUT2D eigenvalue weighted by molar-refractivity contribution is 6.08. The molecule has 33 heavy (non-hydrogen) atoms. The van der Waals surface area contributed by atoms with E-state index in [0.29, 0.717) is 12.2 Å². The minimum absolute atomic E-state index is 0.0498. The second-order valence-corrected chi connectivity index (χ2v) is 7.74. The van der Waals surface area contributed by atoms with E-state index in [0.717, 1.165) is 29.1 Å². The van der Waals surface area contributed by atoms with Gasteiger partial charge in [0, 0.05) is 24.6 Å². The van der Waals surface area contributed by atoms with E-state index in [2.05, 4.69) is 5.10 Å². The lowest BCUT2D eigenvalue weighted by atomic mass is 10.1. The molecular weight excluding hydrogens is 429 g/mol. The Hall–Kier alpha value is -4.07. The van der Waals surface area contributed by atoms with E-state index in [9.17, 15) is 18.0 Å². The van der Waals surface area contributed by atoms with Crippen LogP contribution in [0.3, 0.4) is 0 Å². The number of rotatable bonds is 4. The van der Waals surface area contributed by atoms with Crippen LogP contribution in [0, 0.1) is 0 Å². The lowest BCUT2D eigenvalue weighted by Gasteiger charge is -2.37. The smallest absolute Gasteiger partial charge is 0.356 e. The largest absolute Gasteiger partial charge is 0.416 e. The molecule has 4 aromatic rings. The van der Waals surface area contributed by atoms with Gasteiger partial charge in [0.05, 0.1) is 29.2 Å². The monoisotopic (exact) mass is 448 g/mol. The second kappa shape index (κ2) is 8.12. The Balaban J connectivity index is 1.45. The molecular formula is C25H19F3N4O. The Morgan fingerprint density at radius 2 is 1.61 bits per heavy atom. The third-order valence-corrected chi connectivity index (χ3v) is 5.55. The van der Waals surface area contributed by atoms with Crippen molar-refractivity contribution < 1.29 is 18.0 Å². The van der Waals surface area contributed by atoms with E-state index >= 15 is 0 Å². The predicted molar refractivity (Wildman–Crippen MR) is 120 cm³/mol. The highest BCUT2D eigenvalue weighted by Gasteiger charge is 2.34. The van der Waals surface area contributed by atoms with Gasteiger partial charge in [-0.25, -0.2) is 4.68 Å². The highest BCUT2D eigenvalue weighted by atomic mass is 19.4. The Morgan fingerprint density at radius 3 is 2.30 bits per heavy atom. The van der Waals surface area contributed by atoms with Gasteiger partial charge in [-0.05, 0) is 54.1 Å². The van der Waals surface area contributed by atoms with Gasteiger partial charge in [-0.1, -0.05) is 30.3 Å². The van der Waals surface area contributed by atoms with Crippen LogP contribution in [0.2, 0.25) is 0 Å². The number of para-hydroxylation sites is 2. The lowest BCUT2D eigenvalue weighted by Crippen LogP contribution is -2.43. The van der Waals surface area contributed by atoms with Crippen LogP contribution in [0.25, 0.3) is 5.69 Å². The van der Waals surface area contributed by atoms with Gasteiger partial charge in [0.15, 0.2) is 0 Å². The van der Waals surface area contributed by atoms with Crippen molar-refractivity contribution in [3.63, 3.8) is 0 Å². The first kappa shape index (κ1) is 20.8. The van der Waals surface area contributed by atoms with E-state index in [1.165, 1.54) is 17.0 Å². The van der Waals surface area contributed by atoms with Crippen molar-refractivity contribution in [1.82, 2.24) is 9.78 Å². The Morgan fingerprint density at radius 1 is 0.848 bits per heavy atom. The van der Waals surface area contributed by atoms with Crippen molar-refractivity contribution in [2.75, 3.05) is 16.3 Å². The molecule has 3 aromatic carbocycles. The average molecular weight is 448 g/mol. The molecule has 0 saturated heterocycles. The highest BCUT2D eigenvalue weighted by Crippen LogP contribution is 2.40. The SMILES string of the molecule is O=C1CN(Cc2ccc(-n3cccn3)cc2)c2ccccc2N1c1cccc(C(F)(F)F)c1. The Bertz CT molecular complexity index is 1280. The zero-order chi connectivity index (χ0) is 23.0. The number of halogens is 3. The molecule has 5 nitrogen and oxygen atoms in total. The molecule has 166 valence electrons. The van der Waals surface area contributed by atoms with Gasteiger partial charge in [0.2, 0.25) is 0 Å². The maximum Gasteiger partial charge on any atom is 0.416 e. The van der Waals surface area contributed by atoms with Crippen LogP contribution in [0.4, 0.5) is 30.2 Å². The molecule has 0 atom stereocenters. The number of amides is 1. The summed E-state index contributed by atoms with van der Waals surface area (Å²) in [6.07, 6.45) is -0.917. The molecule has 0 saturated carbocycles. The number of fused-ring (bicyclic) bond motifs is 1. The molecule has 1 amide bonds. The first-order valence-corrected chi connectivity index (χ1v) is 10.3. The van der Waals surface area contributed by atoms with Crippen LogP contribution in [-0.2, 0) is 17.5 Å². The lowest BCUT2D eigenvalue weighted by molar-refractivity contribution is -0.137. The van der Waals surface area contributed by atoms with Gasteiger partial charge < -0.3 is 4.90 Å². The molecule has 0 bridgehead atoms. The number of hydrogen-bond donors (Lipinski definition) is 0. The zero-order valence-corrected chi connectivity index (χ0v) is 17.4. The fourth-order valence-electron chi connectivity index (χ4n) is 4.02. The van der Waals surface area contributed by atoms with Crippen molar-refractivity contribution in [3.8, 4) is 5.69 Å². The van der Waals surface area contributed by atoms with E-state index in [1.807, 2.05) is 53.6 Å². The number of alkyl halides is 3. The molecule has 8 heteroatoms. The van der Waals surface area contributed by atoms with Crippen LogP contribution in [0.5, 0.6) is 0 Å². The summed E-state index contributed by atoms with van der Waals surface area (Å²) in [6.45, 7) is 0.534. The standard InChI is InChI=1S/C25H19F3N4O/c26-25(27,28)19-5-3-6-21(15-19)32-23-8-2-1-7-22(23)30(17-24(32)33)16-18-9-11-20(12-10-18)31-14-4-13-29-31/h1-15H,16-17H2. The maximum absolute atomic E-state index is 13.2. The summed E-state index contributed by atoms with van der Waals surface area (Å²) in [6, 6.07) is 21.8. The minimum atomic E-state index is -4.48. The van der Waals surface area contributed by atoms with E-state index in [-0.39, 0.29) is 18.1 Å². The summed E-state index contributed by atoms with van der Waals surface area (Å²) in [7, 11) is 0. The van der Waals surface area contributed by atoms with Gasteiger partial charge in [0.1, 0.15) is 0 Å². The first-order chi connectivity index (χ1) is 15.9. The summed E-state index contributed by atoms with van der Waals surface area (Å²) >= 11 is 0. The van der Waals surface area contributed by atoms with Gasteiger partial charge >= 0.3 is 6.18 Å². The molecule has 1 aliphatic rings. The number of hydrogen-bond acceptors (Lipinski definition) is 3.